The maximum atomic E-state index is 5.73. The van der Waals surface area contributed by atoms with Gasteiger partial charge in [0.1, 0.15) is 0 Å². The van der Waals surface area contributed by atoms with Gasteiger partial charge in [0, 0.05) is 7.05 Å². The minimum atomic E-state index is 0.627. The number of aliphatic imine (C=N–C) groups is 1. The molecule has 1 rings (SSSR count). The maximum Gasteiger partial charge on any atom is 0.225 e. The highest BCUT2D eigenvalue weighted by Gasteiger charge is 2.04. The molecule has 0 saturated heterocycles. The summed E-state index contributed by atoms with van der Waals surface area (Å²) in [6.45, 7) is 0. The Labute approximate surface area is 74.5 Å². The van der Waals surface area contributed by atoms with Crippen molar-refractivity contribution >= 4 is 28.8 Å². The van der Waals surface area contributed by atoms with Crippen molar-refractivity contribution in [3.8, 4) is 0 Å². The fraction of sp³-hybridized carbons (Fsp3) is 0.286. The van der Waals surface area contributed by atoms with Crippen LogP contribution in [0.5, 0.6) is 0 Å². The lowest BCUT2D eigenvalue weighted by Gasteiger charge is -1.98. The highest BCUT2D eigenvalue weighted by molar-refractivity contribution is 7.17. The fourth-order valence-corrected chi connectivity index (χ4v) is 1.79. The summed E-state index contributed by atoms with van der Waals surface area (Å²) >= 11 is 7.18. The van der Waals surface area contributed by atoms with Gasteiger partial charge in [0.05, 0.1) is 16.3 Å². The quantitative estimate of drug-likeness (QED) is 0.491. The summed E-state index contributed by atoms with van der Waals surface area (Å²) in [7, 11) is 3.28. The monoisotopic (exact) mass is 189 g/mol. The average Bonchev–Trinajstić information content (AvgIpc) is 2.39. The Hall–Kier alpha value is -0.540. The Morgan fingerprint density at radius 3 is 2.73 bits per heavy atom. The molecule has 0 aliphatic carbocycles. The SMILES string of the molecule is C/N=C(/OC)c1ccc(Cl)s1. The molecule has 0 amide bonds. The Balaban J connectivity index is 2.91. The van der Waals surface area contributed by atoms with Gasteiger partial charge in [0.2, 0.25) is 5.90 Å². The molecule has 60 valence electrons. The van der Waals surface area contributed by atoms with Gasteiger partial charge in [-0.3, -0.25) is 4.99 Å². The summed E-state index contributed by atoms with van der Waals surface area (Å²) in [5, 5.41) is 0. The number of nitrogens with zero attached hydrogens (tertiary/aromatic N) is 1. The number of ether oxygens (including phenoxy) is 1. The summed E-state index contributed by atoms with van der Waals surface area (Å²) in [4.78, 5) is 4.89. The van der Waals surface area contributed by atoms with Gasteiger partial charge in [-0.25, -0.2) is 0 Å². The minimum Gasteiger partial charge on any atom is -0.480 e. The molecule has 0 spiro atoms. The zero-order valence-electron chi connectivity index (χ0n) is 6.30. The summed E-state index contributed by atoms with van der Waals surface area (Å²) in [6, 6.07) is 3.71. The van der Waals surface area contributed by atoms with Crippen molar-refractivity contribution in [3.63, 3.8) is 0 Å². The molecule has 11 heavy (non-hydrogen) atoms. The molecule has 0 N–H and O–H groups in total. The topological polar surface area (TPSA) is 21.6 Å². The molecule has 0 aromatic carbocycles. The fourth-order valence-electron chi connectivity index (χ4n) is 0.731. The summed E-state index contributed by atoms with van der Waals surface area (Å²) in [6.07, 6.45) is 0. The molecular formula is C7H8ClNOS. The van der Waals surface area contributed by atoms with Crippen molar-refractivity contribution < 1.29 is 4.74 Å². The number of thiophene rings is 1. The van der Waals surface area contributed by atoms with Crippen LogP contribution in [0.4, 0.5) is 0 Å². The first-order valence-corrected chi connectivity index (χ1v) is 4.24. The van der Waals surface area contributed by atoms with Crippen LogP contribution in [-0.2, 0) is 4.74 Å². The van der Waals surface area contributed by atoms with Gasteiger partial charge in [0.25, 0.3) is 0 Å². The van der Waals surface area contributed by atoms with Gasteiger partial charge in [-0.15, -0.1) is 11.3 Å². The van der Waals surface area contributed by atoms with Crippen molar-refractivity contribution in [2.24, 2.45) is 4.99 Å². The lowest BCUT2D eigenvalue weighted by Crippen LogP contribution is -1.99. The van der Waals surface area contributed by atoms with Gasteiger partial charge in [0.15, 0.2) is 0 Å². The second-order valence-electron chi connectivity index (χ2n) is 1.84. The highest BCUT2D eigenvalue weighted by atomic mass is 35.5. The van der Waals surface area contributed by atoms with E-state index in [-0.39, 0.29) is 0 Å². The second-order valence-corrected chi connectivity index (χ2v) is 3.55. The zero-order chi connectivity index (χ0) is 8.27. The van der Waals surface area contributed by atoms with Crippen LogP contribution in [0.2, 0.25) is 4.34 Å². The number of hydrogen-bond donors (Lipinski definition) is 0. The molecule has 0 fully saturated rings. The van der Waals surface area contributed by atoms with E-state index < -0.39 is 0 Å². The Bertz CT molecular complexity index is 269. The van der Waals surface area contributed by atoms with E-state index in [4.69, 9.17) is 16.3 Å². The van der Waals surface area contributed by atoms with E-state index in [9.17, 15) is 0 Å². The van der Waals surface area contributed by atoms with Crippen LogP contribution < -0.4 is 0 Å². The predicted molar refractivity (Wildman–Crippen MR) is 48.8 cm³/mol. The van der Waals surface area contributed by atoms with Crippen molar-refractivity contribution in [1.29, 1.82) is 0 Å². The summed E-state index contributed by atoms with van der Waals surface area (Å²) in [5.41, 5.74) is 0. The lowest BCUT2D eigenvalue weighted by molar-refractivity contribution is 0.405. The van der Waals surface area contributed by atoms with Crippen LogP contribution in [-0.4, -0.2) is 20.1 Å². The zero-order valence-corrected chi connectivity index (χ0v) is 7.87. The third-order valence-corrected chi connectivity index (χ3v) is 2.40. The number of halogens is 1. The molecule has 4 heteroatoms. The van der Waals surface area contributed by atoms with Gasteiger partial charge in [-0.05, 0) is 12.1 Å². The van der Waals surface area contributed by atoms with E-state index in [2.05, 4.69) is 4.99 Å². The van der Waals surface area contributed by atoms with Gasteiger partial charge >= 0.3 is 0 Å². The van der Waals surface area contributed by atoms with Crippen LogP contribution in [0.1, 0.15) is 4.88 Å². The standard InChI is InChI=1S/C7H8ClNOS/c1-9-7(10-2)5-3-4-6(8)11-5/h3-4H,1-2H3/b9-7+. The van der Waals surface area contributed by atoms with Crippen molar-refractivity contribution in [3.05, 3.63) is 21.3 Å². The van der Waals surface area contributed by atoms with Crippen molar-refractivity contribution in [2.75, 3.05) is 14.2 Å². The molecule has 1 aromatic heterocycles. The first-order chi connectivity index (χ1) is 5.27. The van der Waals surface area contributed by atoms with E-state index in [0.29, 0.717) is 5.90 Å². The third kappa shape index (κ3) is 1.94. The highest BCUT2D eigenvalue weighted by Crippen LogP contribution is 2.21. The molecule has 0 aliphatic rings. The Morgan fingerprint density at radius 2 is 2.36 bits per heavy atom. The van der Waals surface area contributed by atoms with Gasteiger partial charge < -0.3 is 4.74 Å². The van der Waals surface area contributed by atoms with Crippen LogP contribution in [0.15, 0.2) is 17.1 Å². The normalized spacial score (nSPS) is 11.7. The van der Waals surface area contributed by atoms with Crippen molar-refractivity contribution in [1.82, 2.24) is 0 Å². The van der Waals surface area contributed by atoms with E-state index in [1.165, 1.54) is 11.3 Å². The van der Waals surface area contributed by atoms with Crippen LogP contribution in [0, 0.1) is 0 Å². The Morgan fingerprint density at radius 1 is 1.64 bits per heavy atom. The summed E-state index contributed by atoms with van der Waals surface area (Å²) < 4.78 is 5.75. The Kier molecular flexibility index (Phi) is 2.91. The number of methoxy groups -OCH3 is 1. The smallest absolute Gasteiger partial charge is 0.225 e. The maximum absolute atomic E-state index is 5.73. The minimum absolute atomic E-state index is 0.627. The lowest BCUT2D eigenvalue weighted by atomic mass is 10.5. The first-order valence-electron chi connectivity index (χ1n) is 3.04. The molecule has 2 nitrogen and oxygen atoms in total. The largest absolute Gasteiger partial charge is 0.480 e. The molecule has 1 aromatic rings. The molecular weight excluding hydrogens is 182 g/mol. The van der Waals surface area contributed by atoms with Crippen LogP contribution in [0.3, 0.4) is 0 Å². The molecule has 0 aliphatic heterocycles. The average molecular weight is 190 g/mol. The molecule has 0 bridgehead atoms. The van der Waals surface area contributed by atoms with Crippen LogP contribution >= 0.6 is 22.9 Å². The van der Waals surface area contributed by atoms with E-state index in [1.807, 2.05) is 12.1 Å². The third-order valence-electron chi connectivity index (χ3n) is 1.18. The van der Waals surface area contributed by atoms with E-state index in [0.717, 1.165) is 9.21 Å². The number of hydrogen-bond acceptors (Lipinski definition) is 3. The second kappa shape index (κ2) is 3.74. The first kappa shape index (κ1) is 8.56. The molecule has 0 unspecified atom stereocenters. The van der Waals surface area contributed by atoms with Crippen molar-refractivity contribution in [2.45, 2.75) is 0 Å². The predicted octanol–water partition coefficient (Wildman–Crippen LogP) is 2.42. The molecule has 1 heterocycles. The molecule has 0 atom stereocenters. The number of rotatable bonds is 1. The summed E-state index contributed by atoms with van der Waals surface area (Å²) in [5.74, 6) is 0.627. The van der Waals surface area contributed by atoms with Gasteiger partial charge in [-0.2, -0.15) is 0 Å². The van der Waals surface area contributed by atoms with E-state index >= 15 is 0 Å². The van der Waals surface area contributed by atoms with Gasteiger partial charge in [-0.1, -0.05) is 11.6 Å². The van der Waals surface area contributed by atoms with Crippen LogP contribution in [0.25, 0.3) is 0 Å². The van der Waals surface area contributed by atoms with E-state index in [1.54, 1.807) is 14.2 Å². The molecule has 0 saturated carbocycles. The molecule has 0 radical (unpaired) electrons.